The summed E-state index contributed by atoms with van der Waals surface area (Å²) in [5, 5.41) is 13.2. The number of benzene rings is 1. The first kappa shape index (κ1) is 15.8. The van der Waals surface area contributed by atoms with Gasteiger partial charge in [0.15, 0.2) is 0 Å². The monoisotopic (exact) mass is 267 g/mol. The summed E-state index contributed by atoms with van der Waals surface area (Å²) in [6.07, 6.45) is 1.78. The minimum absolute atomic E-state index is 0.565. The van der Waals surface area contributed by atoms with Gasteiger partial charge in [0.2, 0.25) is 0 Å². The average Bonchev–Trinajstić information content (AvgIpc) is 2.38. The number of nitrogens with one attached hydrogen (secondary N) is 1. The molecule has 108 valence electrons. The fourth-order valence-electron chi connectivity index (χ4n) is 1.92. The molecule has 4 heteroatoms. The predicted octanol–water partition coefficient (Wildman–Crippen LogP) is 2.21. The standard InChI is InChI=1S/C15H25NO3/c1-4-8-15(2,17)12-16-9-10-19-14-7-5-6-13(11-14)18-3/h5-7,11,16-17H,4,8-10,12H2,1-3H3/t15-/m0/s1. The molecule has 1 atom stereocenters. The molecule has 0 aromatic heterocycles. The van der Waals surface area contributed by atoms with E-state index < -0.39 is 5.60 Å². The Morgan fingerprint density at radius 2 is 2.05 bits per heavy atom. The first-order valence-corrected chi connectivity index (χ1v) is 6.77. The summed E-state index contributed by atoms with van der Waals surface area (Å²) in [6.45, 7) is 5.78. The molecule has 1 aromatic rings. The maximum Gasteiger partial charge on any atom is 0.123 e. The highest BCUT2D eigenvalue weighted by molar-refractivity contribution is 5.32. The van der Waals surface area contributed by atoms with Gasteiger partial charge in [0.1, 0.15) is 18.1 Å². The zero-order valence-corrected chi connectivity index (χ0v) is 12.1. The molecule has 2 N–H and O–H groups in total. The Kier molecular flexibility index (Phi) is 6.67. The first-order chi connectivity index (χ1) is 9.07. The molecular formula is C15H25NO3. The Balaban J connectivity index is 2.20. The molecule has 4 nitrogen and oxygen atoms in total. The van der Waals surface area contributed by atoms with Crippen LogP contribution in [0.5, 0.6) is 11.5 Å². The molecular weight excluding hydrogens is 242 g/mol. The lowest BCUT2D eigenvalue weighted by Gasteiger charge is -2.23. The third-order valence-electron chi connectivity index (χ3n) is 2.88. The van der Waals surface area contributed by atoms with Crippen LogP contribution in [0.1, 0.15) is 26.7 Å². The summed E-state index contributed by atoms with van der Waals surface area (Å²) in [5.74, 6) is 1.58. The Morgan fingerprint density at radius 1 is 1.32 bits per heavy atom. The Labute approximate surface area is 115 Å². The van der Waals surface area contributed by atoms with E-state index in [0.717, 1.165) is 24.3 Å². The Morgan fingerprint density at radius 3 is 2.74 bits per heavy atom. The van der Waals surface area contributed by atoms with Crippen LogP contribution in [-0.4, -0.2) is 37.5 Å². The fraction of sp³-hybridized carbons (Fsp3) is 0.600. The summed E-state index contributed by atoms with van der Waals surface area (Å²) >= 11 is 0. The summed E-state index contributed by atoms with van der Waals surface area (Å²) in [4.78, 5) is 0. The van der Waals surface area contributed by atoms with E-state index in [9.17, 15) is 5.11 Å². The maximum absolute atomic E-state index is 9.98. The number of rotatable bonds is 9. The molecule has 0 aliphatic carbocycles. The van der Waals surface area contributed by atoms with Gasteiger partial charge < -0.3 is 19.9 Å². The van der Waals surface area contributed by atoms with Gasteiger partial charge in [-0.1, -0.05) is 19.4 Å². The molecule has 0 amide bonds. The van der Waals surface area contributed by atoms with E-state index >= 15 is 0 Å². The highest BCUT2D eigenvalue weighted by Gasteiger charge is 2.17. The van der Waals surface area contributed by atoms with E-state index in [1.807, 2.05) is 31.2 Å². The zero-order valence-electron chi connectivity index (χ0n) is 12.1. The molecule has 1 aromatic carbocycles. The van der Waals surface area contributed by atoms with Crippen molar-refractivity contribution in [2.45, 2.75) is 32.3 Å². The topological polar surface area (TPSA) is 50.7 Å². The van der Waals surface area contributed by atoms with Crippen LogP contribution in [0.25, 0.3) is 0 Å². The maximum atomic E-state index is 9.98. The van der Waals surface area contributed by atoms with E-state index in [1.165, 1.54) is 0 Å². The van der Waals surface area contributed by atoms with Crippen molar-refractivity contribution in [3.8, 4) is 11.5 Å². The van der Waals surface area contributed by atoms with E-state index in [1.54, 1.807) is 7.11 Å². The number of aliphatic hydroxyl groups is 1. The van der Waals surface area contributed by atoms with Crippen molar-refractivity contribution in [1.82, 2.24) is 5.32 Å². The van der Waals surface area contributed by atoms with E-state index in [-0.39, 0.29) is 0 Å². The van der Waals surface area contributed by atoms with Gasteiger partial charge in [-0.2, -0.15) is 0 Å². The zero-order chi connectivity index (χ0) is 14.1. The van der Waals surface area contributed by atoms with Gasteiger partial charge in [0.05, 0.1) is 12.7 Å². The molecule has 19 heavy (non-hydrogen) atoms. The lowest BCUT2D eigenvalue weighted by atomic mass is 10.0. The predicted molar refractivity (Wildman–Crippen MR) is 76.9 cm³/mol. The lowest BCUT2D eigenvalue weighted by Crippen LogP contribution is -2.39. The summed E-state index contributed by atoms with van der Waals surface area (Å²) in [5.41, 5.74) is -0.634. The molecule has 1 rings (SSSR count). The van der Waals surface area contributed by atoms with Crippen LogP contribution in [0.4, 0.5) is 0 Å². The van der Waals surface area contributed by atoms with Crippen LogP contribution in [-0.2, 0) is 0 Å². The number of methoxy groups -OCH3 is 1. The van der Waals surface area contributed by atoms with Gasteiger partial charge >= 0.3 is 0 Å². The van der Waals surface area contributed by atoms with Crippen molar-refractivity contribution < 1.29 is 14.6 Å². The lowest BCUT2D eigenvalue weighted by molar-refractivity contribution is 0.0494. The van der Waals surface area contributed by atoms with Crippen LogP contribution >= 0.6 is 0 Å². The second-order valence-electron chi connectivity index (χ2n) is 4.95. The fourth-order valence-corrected chi connectivity index (χ4v) is 1.92. The molecule has 0 unspecified atom stereocenters. The molecule has 0 bridgehead atoms. The number of ether oxygens (including phenoxy) is 2. The second-order valence-corrected chi connectivity index (χ2v) is 4.95. The van der Waals surface area contributed by atoms with Crippen LogP contribution < -0.4 is 14.8 Å². The van der Waals surface area contributed by atoms with E-state index in [4.69, 9.17) is 9.47 Å². The van der Waals surface area contributed by atoms with Gasteiger partial charge in [0, 0.05) is 19.2 Å². The molecule has 0 fully saturated rings. The quantitative estimate of drug-likeness (QED) is 0.674. The van der Waals surface area contributed by atoms with Gasteiger partial charge in [-0.25, -0.2) is 0 Å². The van der Waals surface area contributed by atoms with Crippen molar-refractivity contribution in [2.24, 2.45) is 0 Å². The van der Waals surface area contributed by atoms with Gasteiger partial charge in [-0.05, 0) is 25.5 Å². The van der Waals surface area contributed by atoms with Crippen LogP contribution in [0, 0.1) is 0 Å². The molecule has 0 aliphatic heterocycles. The Hall–Kier alpha value is -1.26. The molecule has 0 saturated carbocycles. The highest BCUT2D eigenvalue weighted by Crippen LogP contribution is 2.18. The molecule has 0 heterocycles. The van der Waals surface area contributed by atoms with Crippen molar-refractivity contribution in [3.63, 3.8) is 0 Å². The normalized spacial score (nSPS) is 13.9. The minimum atomic E-state index is -0.634. The third kappa shape index (κ3) is 6.45. The summed E-state index contributed by atoms with van der Waals surface area (Å²) in [7, 11) is 1.64. The summed E-state index contributed by atoms with van der Waals surface area (Å²) in [6, 6.07) is 7.53. The van der Waals surface area contributed by atoms with Gasteiger partial charge in [0.25, 0.3) is 0 Å². The molecule has 0 spiro atoms. The first-order valence-electron chi connectivity index (χ1n) is 6.77. The van der Waals surface area contributed by atoms with E-state index in [2.05, 4.69) is 12.2 Å². The van der Waals surface area contributed by atoms with Gasteiger partial charge in [-0.3, -0.25) is 0 Å². The minimum Gasteiger partial charge on any atom is -0.497 e. The molecule has 0 aliphatic rings. The third-order valence-corrected chi connectivity index (χ3v) is 2.88. The molecule has 0 saturated heterocycles. The van der Waals surface area contributed by atoms with Crippen molar-refractivity contribution >= 4 is 0 Å². The van der Waals surface area contributed by atoms with E-state index in [0.29, 0.717) is 19.7 Å². The Bertz CT molecular complexity index is 366. The van der Waals surface area contributed by atoms with Crippen molar-refractivity contribution in [1.29, 1.82) is 0 Å². The van der Waals surface area contributed by atoms with Crippen molar-refractivity contribution in [3.05, 3.63) is 24.3 Å². The van der Waals surface area contributed by atoms with Crippen molar-refractivity contribution in [2.75, 3.05) is 26.8 Å². The van der Waals surface area contributed by atoms with Gasteiger partial charge in [-0.15, -0.1) is 0 Å². The SMILES string of the molecule is CCC[C@](C)(O)CNCCOc1cccc(OC)c1. The van der Waals surface area contributed by atoms with Crippen LogP contribution in [0.3, 0.4) is 0 Å². The molecule has 0 radical (unpaired) electrons. The van der Waals surface area contributed by atoms with Crippen LogP contribution in [0.2, 0.25) is 0 Å². The summed E-state index contributed by atoms with van der Waals surface area (Å²) < 4.78 is 10.7. The second kappa shape index (κ2) is 8.02. The van der Waals surface area contributed by atoms with Crippen LogP contribution in [0.15, 0.2) is 24.3 Å². The smallest absolute Gasteiger partial charge is 0.123 e. The number of hydrogen-bond donors (Lipinski definition) is 2. The average molecular weight is 267 g/mol. The number of hydrogen-bond acceptors (Lipinski definition) is 4. The largest absolute Gasteiger partial charge is 0.497 e. The highest BCUT2D eigenvalue weighted by atomic mass is 16.5.